The molecule has 0 saturated carbocycles. The molecule has 0 radical (unpaired) electrons. The van der Waals surface area contributed by atoms with Crippen LogP contribution in [0.5, 0.6) is 0 Å². The first-order valence-corrected chi connectivity index (χ1v) is 13.3. The number of halogens is 3. The maximum Gasteiger partial charge on any atom is 0.241 e. The number of anilines is 1. The zero-order valence-corrected chi connectivity index (χ0v) is 22.0. The number of hydrazone groups is 1. The van der Waals surface area contributed by atoms with Gasteiger partial charge in [-0.3, -0.25) is 5.01 Å². The van der Waals surface area contributed by atoms with Gasteiger partial charge in [-0.2, -0.15) is 5.10 Å². The van der Waals surface area contributed by atoms with Crippen LogP contribution in [0.4, 0.5) is 5.69 Å². The quantitative estimate of drug-likeness (QED) is 0.377. The minimum Gasteiger partial charge on any atom is -0.256 e. The lowest BCUT2D eigenvalue weighted by Crippen LogP contribution is -2.32. The third-order valence-corrected chi connectivity index (χ3v) is 8.28. The Bertz CT molecular complexity index is 1360. The number of hydrogen-bond acceptors (Lipinski definition) is 4. The molecule has 0 unspecified atom stereocenters. The highest BCUT2D eigenvalue weighted by Crippen LogP contribution is 2.42. The lowest BCUT2D eigenvalue weighted by molar-refractivity contribution is 0.578. The monoisotopic (exact) mass is 535 g/mol. The number of benzene rings is 3. The van der Waals surface area contributed by atoms with E-state index in [2.05, 4.69) is 4.72 Å². The second-order valence-electron chi connectivity index (χ2n) is 8.41. The molecule has 0 aromatic heterocycles. The van der Waals surface area contributed by atoms with E-state index in [-0.39, 0.29) is 23.4 Å². The minimum absolute atomic E-state index is 0.0721. The van der Waals surface area contributed by atoms with Crippen LogP contribution in [0, 0.1) is 19.8 Å². The average molecular weight is 537 g/mol. The van der Waals surface area contributed by atoms with Crippen LogP contribution in [0.25, 0.3) is 0 Å². The van der Waals surface area contributed by atoms with Crippen molar-refractivity contribution in [1.29, 1.82) is 0 Å². The Morgan fingerprint density at radius 3 is 2.29 bits per heavy atom. The molecule has 9 heteroatoms. The maximum absolute atomic E-state index is 13.1. The number of nitrogens with zero attached hydrogens (tertiary/aromatic N) is 2. The fourth-order valence-corrected chi connectivity index (χ4v) is 6.03. The second-order valence-corrected chi connectivity index (χ2v) is 11.4. The van der Waals surface area contributed by atoms with Crippen molar-refractivity contribution in [3.63, 3.8) is 0 Å². The maximum atomic E-state index is 13.1. The van der Waals surface area contributed by atoms with Crippen LogP contribution in [0.15, 0.2) is 70.7 Å². The summed E-state index contributed by atoms with van der Waals surface area (Å²) in [6.45, 7) is 5.74. The van der Waals surface area contributed by atoms with E-state index in [4.69, 9.17) is 39.9 Å². The minimum atomic E-state index is -3.72. The lowest BCUT2D eigenvalue weighted by Gasteiger charge is -2.28. The molecule has 178 valence electrons. The molecule has 0 spiro atoms. The Hall–Kier alpha value is -2.09. The fraction of sp³-hybridized carbons (Fsp3) is 0.240. The van der Waals surface area contributed by atoms with Crippen molar-refractivity contribution in [3.8, 4) is 0 Å². The Morgan fingerprint density at radius 1 is 0.941 bits per heavy atom. The molecule has 0 amide bonds. The smallest absolute Gasteiger partial charge is 0.241 e. The molecule has 0 saturated heterocycles. The van der Waals surface area contributed by atoms with Crippen molar-refractivity contribution < 1.29 is 8.42 Å². The van der Waals surface area contributed by atoms with Crippen LogP contribution in [-0.4, -0.2) is 20.7 Å². The Balaban J connectivity index is 1.68. The van der Waals surface area contributed by atoms with Gasteiger partial charge in [0.15, 0.2) is 0 Å². The molecule has 1 aliphatic rings. The molecule has 5 nitrogen and oxygen atoms in total. The van der Waals surface area contributed by atoms with Crippen molar-refractivity contribution in [1.82, 2.24) is 4.72 Å². The third kappa shape index (κ3) is 5.11. The lowest BCUT2D eigenvalue weighted by atomic mass is 9.91. The third-order valence-electron chi connectivity index (χ3n) is 5.94. The summed E-state index contributed by atoms with van der Waals surface area (Å²) < 4.78 is 28.9. The van der Waals surface area contributed by atoms with Gasteiger partial charge >= 0.3 is 0 Å². The normalized spacial score (nSPS) is 18.3. The summed E-state index contributed by atoms with van der Waals surface area (Å²) in [4.78, 5) is 0.269. The van der Waals surface area contributed by atoms with Crippen LogP contribution >= 0.6 is 34.8 Å². The molecule has 4 rings (SSSR count). The van der Waals surface area contributed by atoms with Crippen LogP contribution in [-0.2, 0) is 10.0 Å². The highest BCUT2D eigenvalue weighted by molar-refractivity contribution is 7.89. The SMILES string of the molecule is Cc1ccc(C)c(S(=O)(=O)NCC2=NN(c3ccc(Cl)cc3Cl)[C@@H](c3ccc(Cl)cc3)[C@H]2C)c1. The number of nitrogens with one attached hydrogen (secondary N) is 1. The summed E-state index contributed by atoms with van der Waals surface area (Å²) in [5, 5.41) is 8.25. The van der Waals surface area contributed by atoms with Crippen LogP contribution in [0.2, 0.25) is 15.1 Å². The first-order chi connectivity index (χ1) is 16.1. The fourth-order valence-electron chi connectivity index (χ4n) is 4.09. The van der Waals surface area contributed by atoms with Crippen molar-refractivity contribution in [2.24, 2.45) is 11.0 Å². The molecule has 3 aromatic carbocycles. The van der Waals surface area contributed by atoms with E-state index >= 15 is 0 Å². The van der Waals surface area contributed by atoms with E-state index < -0.39 is 10.0 Å². The number of sulfonamides is 1. The van der Waals surface area contributed by atoms with E-state index in [1.807, 2.05) is 55.3 Å². The van der Waals surface area contributed by atoms with E-state index in [1.165, 1.54) is 0 Å². The molecule has 1 heterocycles. The van der Waals surface area contributed by atoms with E-state index in [0.29, 0.717) is 32.0 Å². The van der Waals surface area contributed by atoms with Crippen LogP contribution < -0.4 is 9.73 Å². The summed E-state index contributed by atoms with van der Waals surface area (Å²) in [6.07, 6.45) is 0. The summed E-state index contributed by atoms with van der Waals surface area (Å²) in [5.74, 6) is -0.103. The van der Waals surface area contributed by atoms with Crippen molar-refractivity contribution >= 4 is 56.2 Å². The van der Waals surface area contributed by atoms with Gasteiger partial charge in [-0.05, 0) is 66.9 Å². The van der Waals surface area contributed by atoms with Crippen molar-refractivity contribution in [2.75, 3.05) is 11.6 Å². The van der Waals surface area contributed by atoms with Crippen LogP contribution in [0.3, 0.4) is 0 Å². The van der Waals surface area contributed by atoms with Crippen molar-refractivity contribution in [3.05, 3.63) is 92.4 Å². The summed E-state index contributed by atoms with van der Waals surface area (Å²) in [7, 11) is -3.72. The van der Waals surface area contributed by atoms with E-state index in [9.17, 15) is 8.42 Å². The zero-order chi connectivity index (χ0) is 24.6. The molecule has 0 aliphatic carbocycles. The molecular formula is C25H24Cl3N3O2S. The Kier molecular flexibility index (Phi) is 7.27. The van der Waals surface area contributed by atoms with Gasteiger partial charge in [0.25, 0.3) is 0 Å². The molecule has 0 fully saturated rings. The number of rotatable bonds is 6. The Morgan fingerprint density at radius 2 is 1.62 bits per heavy atom. The van der Waals surface area contributed by atoms with Gasteiger partial charge in [0.05, 0.1) is 33.9 Å². The predicted octanol–water partition coefficient (Wildman–Crippen LogP) is 6.80. The molecule has 0 bridgehead atoms. The first-order valence-electron chi connectivity index (χ1n) is 10.7. The molecule has 1 aliphatic heterocycles. The van der Waals surface area contributed by atoms with Crippen LogP contribution in [0.1, 0.15) is 29.7 Å². The number of hydrogen-bond donors (Lipinski definition) is 1. The molecule has 2 atom stereocenters. The average Bonchev–Trinajstić information content (AvgIpc) is 3.10. The second kappa shape index (κ2) is 9.88. The predicted molar refractivity (Wildman–Crippen MR) is 141 cm³/mol. The standard InChI is InChI=1S/C25H24Cl3N3O2S/c1-15-4-5-16(2)24(12-15)34(32,33)29-14-22-17(3)25(18-6-8-19(26)9-7-18)31(30-22)23-11-10-20(27)13-21(23)28/h4-13,17,25,29H,14H2,1-3H3/t17-,25+/m0/s1. The molecular weight excluding hydrogens is 513 g/mol. The molecule has 3 aromatic rings. The van der Waals surface area contributed by atoms with E-state index in [1.54, 1.807) is 31.2 Å². The largest absolute Gasteiger partial charge is 0.256 e. The topological polar surface area (TPSA) is 61.8 Å². The zero-order valence-electron chi connectivity index (χ0n) is 18.9. The van der Waals surface area contributed by atoms with E-state index in [0.717, 1.165) is 11.1 Å². The van der Waals surface area contributed by atoms with Crippen molar-refractivity contribution in [2.45, 2.75) is 31.7 Å². The first kappa shape index (κ1) is 25.0. The Labute approximate surface area is 215 Å². The van der Waals surface area contributed by atoms with Gasteiger partial charge in [-0.25, -0.2) is 13.1 Å². The highest BCUT2D eigenvalue weighted by atomic mass is 35.5. The van der Waals surface area contributed by atoms with Gasteiger partial charge in [-0.15, -0.1) is 0 Å². The molecule has 34 heavy (non-hydrogen) atoms. The highest BCUT2D eigenvalue weighted by Gasteiger charge is 2.37. The summed E-state index contributed by atoms with van der Waals surface area (Å²) in [6, 6.07) is 17.9. The molecule has 1 N–H and O–H groups in total. The van der Waals surface area contributed by atoms with Gasteiger partial charge in [0.2, 0.25) is 10.0 Å². The number of aryl methyl sites for hydroxylation is 2. The van der Waals surface area contributed by atoms with Gasteiger partial charge < -0.3 is 0 Å². The van der Waals surface area contributed by atoms with Gasteiger partial charge in [-0.1, -0.05) is 66.0 Å². The van der Waals surface area contributed by atoms with Gasteiger partial charge in [0, 0.05) is 16.0 Å². The summed E-state index contributed by atoms with van der Waals surface area (Å²) in [5.41, 5.74) is 3.93. The van der Waals surface area contributed by atoms with Gasteiger partial charge in [0.1, 0.15) is 0 Å². The summed E-state index contributed by atoms with van der Waals surface area (Å²) >= 11 is 18.7.